The molecular formula is C8H7N3O2. The molecule has 0 saturated heterocycles. The second-order valence-electron chi connectivity index (χ2n) is 2.51. The molecule has 2 aromatic heterocycles. The number of H-pyrrole nitrogens is 1. The third kappa shape index (κ3) is 1.31. The summed E-state index contributed by atoms with van der Waals surface area (Å²) in [7, 11) is 0. The molecule has 0 radical (unpaired) electrons. The van der Waals surface area contributed by atoms with E-state index in [9.17, 15) is 4.79 Å². The Labute approximate surface area is 73.6 Å². The summed E-state index contributed by atoms with van der Waals surface area (Å²) in [4.78, 5) is 13.4. The molecule has 0 bridgehead atoms. The highest BCUT2D eigenvalue weighted by atomic mass is 16.4. The molecule has 13 heavy (non-hydrogen) atoms. The van der Waals surface area contributed by atoms with Gasteiger partial charge in [-0.25, -0.2) is 9.48 Å². The lowest BCUT2D eigenvalue weighted by Crippen LogP contribution is -2.00. The number of rotatable bonds is 2. The van der Waals surface area contributed by atoms with Crippen LogP contribution in [0.1, 0.15) is 10.5 Å². The Kier molecular flexibility index (Phi) is 1.63. The summed E-state index contributed by atoms with van der Waals surface area (Å²) in [5.74, 6) is -0.280. The van der Waals surface area contributed by atoms with Crippen molar-refractivity contribution < 1.29 is 9.90 Å². The van der Waals surface area contributed by atoms with Crippen molar-refractivity contribution in [1.29, 1.82) is 0 Å². The smallest absolute Gasteiger partial charge is 0.356 e. The molecule has 66 valence electrons. The lowest BCUT2D eigenvalue weighted by atomic mass is 10.5. The Hall–Kier alpha value is -2.04. The van der Waals surface area contributed by atoms with Crippen molar-refractivity contribution in [2.75, 3.05) is 0 Å². The molecule has 0 atom stereocenters. The van der Waals surface area contributed by atoms with E-state index in [0.29, 0.717) is 0 Å². The predicted molar refractivity (Wildman–Crippen MR) is 44.9 cm³/mol. The summed E-state index contributed by atoms with van der Waals surface area (Å²) in [6.07, 6.45) is 3.34. The van der Waals surface area contributed by atoms with Gasteiger partial charge in [0.15, 0.2) is 5.69 Å². The van der Waals surface area contributed by atoms with E-state index in [1.54, 1.807) is 18.5 Å². The SMILES string of the molecule is O=C(O)c1ccn(-c2ccc[nH]2)n1. The summed E-state index contributed by atoms with van der Waals surface area (Å²) in [6, 6.07) is 5.07. The number of carboxylic acid groups (broad SMARTS) is 1. The number of aromatic amines is 1. The van der Waals surface area contributed by atoms with E-state index in [1.807, 2.05) is 6.07 Å². The topological polar surface area (TPSA) is 70.9 Å². The van der Waals surface area contributed by atoms with Gasteiger partial charge in [-0.1, -0.05) is 0 Å². The molecule has 2 heterocycles. The Morgan fingerprint density at radius 2 is 2.38 bits per heavy atom. The van der Waals surface area contributed by atoms with Crippen LogP contribution in [-0.4, -0.2) is 25.8 Å². The number of carbonyl (C=O) groups is 1. The number of hydrogen-bond donors (Lipinski definition) is 2. The van der Waals surface area contributed by atoms with Gasteiger partial charge in [-0.2, -0.15) is 5.10 Å². The third-order valence-electron chi connectivity index (χ3n) is 1.64. The van der Waals surface area contributed by atoms with Gasteiger partial charge in [-0.3, -0.25) is 0 Å². The number of carboxylic acids is 1. The van der Waals surface area contributed by atoms with Crippen LogP contribution in [0.15, 0.2) is 30.6 Å². The number of aromatic carboxylic acids is 1. The molecule has 0 saturated carbocycles. The fourth-order valence-electron chi connectivity index (χ4n) is 1.04. The third-order valence-corrected chi connectivity index (χ3v) is 1.64. The first-order valence-corrected chi connectivity index (χ1v) is 3.70. The van der Waals surface area contributed by atoms with E-state index in [-0.39, 0.29) is 5.69 Å². The van der Waals surface area contributed by atoms with Crippen LogP contribution in [0.25, 0.3) is 5.82 Å². The quantitative estimate of drug-likeness (QED) is 0.715. The molecule has 0 aliphatic carbocycles. The summed E-state index contributed by atoms with van der Waals surface area (Å²) >= 11 is 0. The number of nitrogens with one attached hydrogen (secondary N) is 1. The molecule has 0 aliphatic rings. The highest BCUT2D eigenvalue weighted by Crippen LogP contribution is 2.03. The number of nitrogens with zero attached hydrogens (tertiary/aromatic N) is 2. The maximum absolute atomic E-state index is 10.5. The Bertz CT molecular complexity index is 416. The summed E-state index contributed by atoms with van der Waals surface area (Å²) < 4.78 is 1.48. The maximum atomic E-state index is 10.5. The molecule has 0 amide bonds. The normalized spacial score (nSPS) is 10.2. The Morgan fingerprint density at radius 1 is 1.54 bits per heavy atom. The Balaban J connectivity index is 2.39. The first kappa shape index (κ1) is 7.60. The van der Waals surface area contributed by atoms with Crippen LogP contribution in [0.3, 0.4) is 0 Å². The fourth-order valence-corrected chi connectivity index (χ4v) is 1.04. The molecule has 0 unspecified atom stereocenters. The molecular weight excluding hydrogens is 170 g/mol. The van der Waals surface area contributed by atoms with Gasteiger partial charge >= 0.3 is 5.97 Å². The molecule has 0 spiro atoms. The number of hydrogen-bond acceptors (Lipinski definition) is 2. The van der Waals surface area contributed by atoms with Crippen molar-refractivity contribution in [3.05, 3.63) is 36.3 Å². The average molecular weight is 177 g/mol. The molecule has 5 heteroatoms. The molecule has 2 N–H and O–H groups in total. The van der Waals surface area contributed by atoms with Gasteiger partial charge in [0, 0.05) is 12.4 Å². The summed E-state index contributed by atoms with van der Waals surface area (Å²) in [5, 5.41) is 12.4. The molecule has 5 nitrogen and oxygen atoms in total. The van der Waals surface area contributed by atoms with Crippen LogP contribution in [0.2, 0.25) is 0 Å². The zero-order chi connectivity index (χ0) is 9.26. The van der Waals surface area contributed by atoms with E-state index in [2.05, 4.69) is 10.1 Å². The van der Waals surface area contributed by atoms with Gasteiger partial charge in [0.2, 0.25) is 0 Å². The molecule has 2 aromatic rings. The minimum Gasteiger partial charge on any atom is -0.476 e. The summed E-state index contributed by atoms with van der Waals surface area (Å²) in [6.45, 7) is 0. The molecule has 0 aromatic carbocycles. The number of aromatic nitrogens is 3. The average Bonchev–Trinajstić information content (AvgIpc) is 2.75. The summed E-state index contributed by atoms with van der Waals surface area (Å²) in [5.41, 5.74) is 0.0367. The largest absolute Gasteiger partial charge is 0.476 e. The predicted octanol–water partition coefficient (Wildman–Crippen LogP) is 0.899. The fraction of sp³-hybridized carbons (Fsp3) is 0. The van der Waals surface area contributed by atoms with Crippen LogP contribution in [0.4, 0.5) is 0 Å². The molecule has 2 rings (SSSR count). The van der Waals surface area contributed by atoms with Crippen LogP contribution in [0.5, 0.6) is 0 Å². The lowest BCUT2D eigenvalue weighted by Gasteiger charge is -1.94. The highest BCUT2D eigenvalue weighted by Gasteiger charge is 2.07. The van der Waals surface area contributed by atoms with E-state index in [4.69, 9.17) is 5.11 Å². The van der Waals surface area contributed by atoms with E-state index in [0.717, 1.165) is 5.82 Å². The zero-order valence-electron chi connectivity index (χ0n) is 6.64. The Morgan fingerprint density at radius 3 is 2.92 bits per heavy atom. The van der Waals surface area contributed by atoms with E-state index >= 15 is 0 Å². The van der Waals surface area contributed by atoms with Crippen molar-refractivity contribution in [3.63, 3.8) is 0 Å². The van der Waals surface area contributed by atoms with Crippen LogP contribution >= 0.6 is 0 Å². The second-order valence-corrected chi connectivity index (χ2v) is 2.51. The van der Waals surface area contributed by atoms with Crippen molar-refractivity contribution in [3.8, 4) is 5.82 Å². The van der Waals surface area contributed by atoms with Gasteiger partial charge in [-0.05, 0) is 18.2 Å². The maximum Gasteiger partial charge on any atom is 0.356 e. The first-order chi connectivity index (χ1) is 6.27. The zero-order valence-corrected chi connectivity index (χ0v) is 6.64. The van der Waals surface area contributed by atoms with Crippen molar-refractivity contribution in [2.24, 2.45) is 0 Å². The minimum absolute atomic E-state index is 0.0367. The highest BCUT2D eigenvalue weighted by molar-refractivity contribution is 5.85. The standard InChI is InChI=1S/C8H7N3O2/c12-8(13)6-3-5-11(10-6)7-2-1-4-9-7/h1-5,9H,(H,12,13). The van der Waals surface area contributed by atoms with Crippen molar-refractivity contribution in [1.82, 2.24) is 14.8 Å². The van der Waals surface area contributed by atoms with E-state index in [1.165, 1.54) is 10.7 Å². The second kappa shape index (κ2) is 2.78. The van der Waals surface area contributed by atoms with Crippen molar-refractivity contribution in [2.45, 2.75) is 0 Å². The lowest BCUT2D eigenvalue weighted by molar-refractivity contribution is 0.0690. The monoisotopic (exact) mass is 177 g/mol. The first-order valence-electron chi connectivity index (χ1n) is 3.70. The van der Waals surface area contributed by atoms with Gasteiger partial charge < -0.3 is 10.1 Å². The molecule has 0 fully saturated rings. The minimum atomic E-state index is -1.02. The van der Waals surface area contributed by atoms with Crippen LogP contribution in [-0.2, 0) is 0 Å². The van der Waals surface area contributed by atoms with Gasteiger partial charge in [-0.15, -0.1) is 0 Å². The van der Waals surface area contributed by atoms with Crippen LogP contribution < -0.4 is 0 Å². The van der Waals surface area contributed by atoms with E-state index < -0.39 is 5.97 Å². The van der Waals surface area contributed by atoms with Gasteiger partial charge in [0.05, 0.1) is 0 Å². The van der Waals surface area contributed by atoms with Gasteiger partial charge in [0.25, 0.3) is 0 Å². The van der Waals surface area contributed by atoms with Crippen LogP contribution in [0, 0.1) is 0 Å². The van der Waals surface area contributed by atoms with Crippen molar-refractivity contribution >= 4 is 5.97 Å². The molecule has 0 aliphatic heterocycles. The van der Waals surface area contributed by atoms with Gasteiger partial charge in [0.1, 0.15) is 5.82 Å².